The van der Waals surface area contributed by atoms with Crippen molar-refractivity contribution in [1.82, 2.24) is 4.90 Å². The first-order chi connectivity index (χ1) is 10.1. The zero-order valence-electron chi connectivity index (χ0n) is 11.6. The minimum absolute atomic E-state index is 0.0176. The number of nitrogens with zero attached hydrogens (tertiary/aromatic N) is 1. The molecule has 2 aliphatic rings. The summed E-state index contributed by atoms with van der Waals surface area (Å²) < 4.78 is 1.11. The highest BCUT2D eigenvalue weighted by Crippen LogP contribution is 2.67. The van der Waals surface area contributed by atoms with Crippen LogP contribution in [0.15, 0.2) is 30.3 Å². The molecule has 1 aromatic carbocycles. The number of aliphatic hydroxyl groups excluding tert-OH is 2. The molecule has 0 spiro atoms. The molecule has 5 heteroatoms. The van der Waals surface area contributed by atoms with Crippen molar-refractivity contribution >= 4 is 27.3 Å². The van der Waals surface area contributed by atoms with Crippen LogP contribution in [0, 0.1) is 10.8 Å². The van der Waals surface area contributed by atoms with Crippen LogP contribution in [0.4, 0.5) is 0 Å². The Bertz CT molecular complexity index is 676. The Kier molecular flexibility index (Phi) is 2.70. The summed E-state index contributed by atoms with van der Waals surface area (Å²) >= 11 is 1.51. The van der Waals surface area contributed by atoms with E-state index in [2.05, 4.69) is 0 Å². The van der Waals surface area contributed by atoms with E-state index in [0.717, 1.165) is 21.4 Å². The Balaban J connectivity index is 1.62. The molecule has 1 aromatic heterocycles. The number of rotatable bonds is 3. The lowest BCUT2D eigenvalue weighted by Crippen LogP contribution is -2.33. The number of carbonyl (C=O) groups is 1. The van der Waals surface area contributed by atoms with Crippen LogP contribution in [-0.4, -0.2) is 47.3 Å². The summed E-state index contributed by atoms with van der Waals surface area (Å²) in [6.07, 6.45) is 0.823. The van der Waals surface area contributed by atoms with Crippen molar-refractivity contribution in [3.05, 3.63) is 35.2 Å². The molecule has 0 bridgehead atoms. The summed E-state index contributed by atoms with van der Waals surface area (Å²) in [7, 11) is 0. The molecule has 110 valence electrons. The van der Waals surface area contributed by atoms with E-state index in [1.54, 1.807) is 4.90 Å². The van der Waals surface area contributed by atoms with E-state index < -0.39 is 0 Å². The lowest BCUT2D eigenvalue weighted by atomic mass is 9.98. The Morgan fingerprint density at radius 2 is 1.86 bits per heavy atom. The molecular weight excluding hydrogens is 286 g/mol. The van der Waals surface area contributed by atoms with Crippen LogP contribution < -0.4 is 0 Å². The van der Waals surface area contributed by atoms with Crippen LogP contribution in [0.1, 0.15) is 16.1 Å². The largest absolute Gasteiger partial charge is 0.396 e. The highest BCUT2D eigenvalue weighted by Gasteiger charge is 2.72. The van der Waals surface area contributed by atoms with Gasteiger partial charge in [0.25, 0.3) is 5.91 Å². The zero-order valence-corrected chi connectivity index (χ0v) is 12.4. The van der Waals surface area contributed by atoms with Crippen LogP contribution in [0.2, 0.25) is 0 Å². The number of thiophene rings is 1. The summed E-state index contributed by atoms with van der Waals surface area (Å²) in [5, 5.41) is 20.3. The first kappa shape index (κ1) is 13.2. The van der Waals surface area contributed by atoms with Crippen molar-refractivity contribution in [2.75, 3.05) is 26.3 Å². The molecule has 1 amide bonds. The third-order valence-electron chi connectivity index (χ3n) is 5.19. The fourth-order valence-corrected chi connectivity index (χ4v) is 4.80. The Labute approximate surface area is 126 Å². The Morgan fingerprint density at radius 3 is 2.48 bits per heavy atom. The lowest BCUT2D eigenvalue weighted by molar-refractivity contribution is 0.0746. The average molecular weight is 303 g/mol. The number of carbonyl (C=O) groups excluding carboxylic acids is 1. The summed E-state index contributed by atoms with van der Waals surface area (Å²) in [5.74, 6) is 0.0176. The molecule has 2 heterocycles. The summed E-state index contributed by atoms with van der Waals surface area (Å²) in [4.78, 5) is 15.2. The van der Waals surface area contributed by atoms with Crippen molar-refractivity contribution in [2.45, 2.75) is 6.42 Å². The van der Waals surface area contributed by atoms with Gasteiger partial charge in [-0.1, -0.05) is 18.2 Å². The van der Waals surface area contributed by atoms with Crippen LogP contribution >= 0.6 is 11.3 Å². The molecule has 0 unspecified atom stereocenters. The predicted molar refractivity (Wildman–Crippen MR) is 81.4 cm³/mol. The molecule has 1 aliphatic heterocycles. The second-order valence-corrected chi connectivity index (χ2v) is 7.45. The van der Waals surface area contributed by atoms with Gasteiger partial charge < -0.3 is 15.1 Å². The first-order valence-corrected chi connectivity index (χ1v) is 7.94. The van der Waals surface area contributed by atoms with Crippen molar-refractivity contribution < 1.29 is 15.0 Å². The maximum atomic E-state index is 12.7. The molecule has 2 N–H and O–H groups in total. The number of hydrogen-bond acceptors (Lipinski definition) is 4. The van der Waals surface area contributed by atoms with E-state index in [4.69, 9.17) is 0 Å². The van der Waals surface area contributed by atoms with Gasteiger partial charge in [-0.3, -0.25) is 4.79 Å². The number of aliphatic hydroxyl groups is 2. The van der Waals surface area contributed by atoms with E-state index in [0.29, 0.717) is 13.1 Å². The van der Waals surface area contributed by atoms with Gasteiger partial charge in [-0.2, -0.15) is 0 Å². The van der Waals surface area contributed by atoms with E-state index >= 15 is 0 Å². The lowest BCUT2D eigenvalue weighted by Gasteiger charge is -2.20. The van der Waals surface area contributed by atoms with Gasteiger partial charge in [0.1, 0.15) is 0 Å². The van der Waals surface area contributed by atoms with Crippen LogP contribution in [0.3, 0.4) is 0 Å². The number of hydrogen-bond donors (Lipinski definition) is 2. The summed E-state index contributed by atoms with van der Waals surface area (Å²) in [6.45, 7) is 1.20. The number of benzene rings is 1. The number of likely N-dealkylation sites (tertiary alicyclic amines) is 1. The number of piperidine rings is 1. The highest BCUT2D eigenvalue weighted by atomic mass is 32.1. The van der Waals surface area contributed by atoms with E-state index in [1.807, 2.05) is 30.3 Å². The van der Waals surface area contributed by atoms with Crippen molar-refractivity contribution in [1.29, 1.82) is 0 Å². The number of fused-ring (bicyclic) bond motifs is 2. The second-order valence-electron chi connectivity index (χ2n) is 6.36. The van der Waals surface area contributed by atoms with Crippen LogP contribution in [0.5, 0.6) is 0 Å². The Hall–Kier alpha value is -1.43. The molecule has 1 aliphatic carbocycles. The third-order valence-corrected chi connectivity index (χ3v) is 6.30. The molecule has 4 nitrogen and oxygen atoms in total. The molecule has 2 atom stereocenters. The molecule has 1 saturated carbocycles. The van der Waals surface area contributed by atoms with E-state index in [1.165, 1.54) is 11.3 Å². The standard InChI is InChI=1S/C16H17NO3S/c18-9-15-6-16(15,10-19)8-17(7-15)14(20)13-5-11-3-1-2-4-12(11)21-13/h1-5,18-19H,6-10H2/t15-,16+. The summed E-state index contributed by atoms with van der Waals surface area (Å²) in [6, 6.07) is 9.90. The molecule has 2 aromatic rings. The normalized spacial score (nSPS) is 30.7. The fourth-order valence-electron chi connectivity index (χ4n) is 3.77. The van der Waals surface area contributed by atoms with E-state index in [-0.39, 0.29) is 30.0 Å². The first-order valence-electron chi connectivity index (χ1n) is 7.13. The van der Waals surface area contributed by atoms with Crippen LogP contribution in [0.25, 0.3) is 10.1 Å². The zero-order chi connectivity index (χ0) is 14.7. The van der Waals surface area contributed by atoms with Gasteiger partial charge in [-0.05, 0) is 23.9 Å². The van der Waals surface area contributed by atoms with Gasteiger partial charge in [-0.25, -0.2) is 0 Å². The third kappa shape index (κ3) is 1.71. The van der Waals surface area contributed by atoms with Gasteiger partial charge in [0.2, 0.25) is 0 Å². The predicted octanol–water partition coefficient (Wildman–Crippen LogP) is 1.72. The van der Waals surface area contributed by atoms with Gasteiger partial charge in [-0.15, -0.1) is 11.3 Å². The highest BCUT2D eigenvalue weighted by molar-refractivity contribution is 7.20. The van der Waals surface area contributed by atoms with Gasteiger partial charge in [0.15, 0.2) is 0 Å². The average Bonchev–Trinajstić information content (AvgIpc) is 2.86. The SMILES string of the molecule is O=C(c1cc2ccccc2s1)N1C[C@@]2(CO)C[C@@]2(CO)C1. The minimum atomic E-state index is -0.270. The molecular formula is C16H17NO3S. The smallest absolute Gasteiger partial charge is 0.264 e. The van der Waals surface area contributed by atoms with Crippen molar-refractivity contribution in [3.63, 3.8) is 0 Å². The maximum absolute atomic E-state index is 12.7. The van der Waals surface area contributed by atoms with Gasteiger partial charge >= 0.3 is 0 Å². The summed E-state index contributed by atoms with van der Waals surface area (Å²) in [5.41, 5.74) is -0.539. The molecule has 4 rings (SSSR count). The van der Waals surface area contributed by atoms with Crippen molar-refractivity contribution in [2.24, 2.45) is 10.8 Å². The molecule has 21 heavy (non-hydrogen) atoms. The maximum Gasteiger partial charge on any atom is 0.264 e. The molecule has 0 radical (unpaired) electrons. The topological polar surface area (TPSA) is 60.8 Å². The number of amides is 1. The van der Waals surface area contributed by atoms with Crippen LogP contribution in [-0.2, 0) is 0 Å². The second kappa shape index (κ2) is 4.29. The van der Waals surface area contributed by atoms with Crippen molar-refractivity contribution in [3.8, 4) is 0 Å². The fraction of sp³-hybridized carbons (Fsp3) is 0.438. The minimum Gasteiger partial charge on any atom is -0.396 e. The molecule has 2 fully saturated rings. The van der Waals surface area contributed by atoms with E-state index in [9.17, 15) is 15.0 Å². The monoisotopic (exact) mass is 303 g/mol. The quantitative estimate of drug-likeness (QED) is 0.907. The van der Waals surface area contributed by atoms with Gasteiger partial charge in [0.05, 0.1) is 18.1 Å². The van der Waals surface area contributed by atoms with Gasteiger partial charge in [0, 0.05) is 28.6 Å². The molecule has 1 saturated heterocycles. The Morgan fingerprint density at radius 1 is 1.19 bits per heavy atom.